The number of nitrogens with one attached hydrogen (secondary N) is 3. The van der Waals surface area contributed by atoms with Crippen molar-refractivity contribution in [3.63, 3.8) is 0 Å². The van der Waals surface area contributed by atoms with Crippen molar-refractivity contribution in [2.75, 3.05) is 39.6 Å². The third kappa shape index (κ3) is 9.89. The molecule has 48 heavy (non-hydrogen) atoms. The van der Waals surface area contributed by atoms with E-state index in [1.807, 2.05) is 44.2 Å². The van der Waals surface area contributed by atoms with Crippen molar-refractivity contribution in [2.24, 2.45) is 5.92 Å². The molecule has 0 unspecified atom stereocenters. The molecule has 3 amide bonds. The molecule has 1 aliphatic rings. The van der Waals surface area contributed by atoms with Crippen LogP contribution in [0.3, 0.4) is 0 Å². The van der Waals surface area contributed by atoms with E-state index in [4.69, 9.17) is 20.2 Å². The number of benzene rings is 1. The average molecular weight is 664 g/mol. The predicted octanol–water partition coefficient (Wildman–Crippen LogP) is 2.37. The lowest BCUT2D eigenvalue weighted by Gasteiger charge is -2.26. The molecule has 5 N–H and O–H groups in total. The zero-order valence-electron chi connectivity index (χ0n) is 28.6. The number of nitrogens with two attached hydrogens (primary N) is 1. The topological polar surface area (TPSA) is 179 Å². The minimum absolute atomic E-state index is 0.0735. The molecular weight excluding hydrogens is 614 g/mol. The summed E-state index contributed by atoms with van der Waals surface area (Å²) in [5, 5.41) is 13.7. The molecule has 0 aliphatic carbocycles. The van der Waals surface area contributed by atoms with Crippen LogP contribution in [-0.2, 0) is 33.9 Å². The number of carbonyl (C=O) groups excluding carboxylic acids is 3. The standard InChI is InChI=1S/C34H49N9O5/c1-6-22(2)31-34(46)38-23(3)33-39-28(19-24-12-13-26(47-4)27(18-24)48-5)41-43(33)21-30(45)36-15-9-17-42(16-8-11-29(44)40-31)20-25-10-7-14-37-32(25)35/h7,10,12-14,18,22-23,31H,6,8-9,11,15-17,19-21H2,1-5H3,(H2,35,37)(H,36,45)(H,38,46)(H,40,44)/t22-,23+,31-/m0/s1. The molecule has 3 aromatic rings. The number of hydrogen-bond acceptors (Lipinski definition) is 10. The van der Waals surface area contributed by atoms with E-state index >= 15 is 0 Å². The Morgan fingerprint density at radius 3 is 2.54 bits per heavy atom. The van der Waals surface area contributed by atoms with Gasteiger partial charge in [-0.3, -0.25) is 19.3 Å². The number of carbonyl (C=O) groups is 3. The minimum atomic E-state index is -0.735. The fraction of sp³-hybridized carbons (Fsp3) is 0.529. The van der Waals surface area contributed by atoms with Crippen LogP contribution < -0.4 is 31.2 Å². The average Bonchev–Trinajstić information content (AvgIpc) is 3.47. The Hall–Kier alpha value is -4.72. The minimum Gasteiger partial charge on any atom is -0.493 e. The van der Waals surface area contributed by atoms with Gasteiger partial charge in [0.25, 0.3) is 0 Å². The van der Waals surface area contributed by atoms with Gasteiger partial charge in [0.05, 0.1) is 20.3 Å². The van der Waals surface area contributed by atoms with Gasteiger partial charge in [-0.15, -0.1) is 0 Å². The molecule has 1 aromatic carbocycles. The molecule has 4 rings (SSSR count). The van der Waals surface area contributed by atoms with Crippen molar-refractivity contribution in [1.29, 1.82) is 0 Å². The van der Waals surface area contributed by atoms with Crippen LogP contribution in [0.4, 0.5) is 5.82 Å². The maximum atomic E-state index is 13.6. The number of nitrogen functional groups attached to an aromatic ring is 1. The summed E-state index contributed by atoms with van der Waals surface area (Å²) in [6, 6.07) is 8.03. The fourth-order valence-corrected chi connectivity index (χ4v) is 5.68. The molecule has 260 valence electrons. The van der Waals surface area contributed by atoms with Crippen LogP contribution in [0.25, 0.3) is 0 Å². The summed E-state index contributed by atoms with van der Waals surface area (Å²) in [5.74, 6) is 1.74. The third-order valence-electron chi connectivity index (χ3n) is 8.58. The van der Waals surface area contributed by atoms with Crippen molar-refractivity contribution in [2.45, 2.75) is 78.0 Å². The van der Waals surface area contributed by atoms with Crippen molar-refractivity contribution >= 4 is 23.5 Å². The predicted molar refractivity (Wildman–Crippen MR) is 181 cm³/mol. The van der Waals surface area contributed by atoms with Crippen LogP contribution in [0, 0.1) is 5.92 Å². The Labute approximate surface area is 282 Å². The molecule has 14 heteroatoms. The molecule has 0 spiro atoms. The van der Waals surface area contributed by atoms with E-state index in [1.165, 1.54) is 4.68 Å². The molecule has 0 saturated heterocycles. The van der Waals surface area contributed by atoms with E-state index in [-0.39, 0.29) is 36.6 Å². The van der Waals surface area contributed by atoms with Crippen molar-refractivity contribution in [3.05, 3.63) is 59.3 Å². The first-order valence-corrected chi connectivity index (χ1v) is 16.5. The number of hydrogen-bond donors (Lipinski definition) is 4. The van der Waals surface area contributed by atoms with Crippen LogP contribution in [0.2, 0.25) is 0 Å². The van der Waals surface area contributed by atoms with E-state index in [9.17, 15) is 14.4 Å². The summed E-state index contributed by atoms with van der Waals surface area (Å²) >= 11 is 0. The van der Waals surface area contributed by atoms with Crippen LogP contribution in [-0.4, -0.2) is 82.3 Å². The Morgan fingerprint density at radius 2 is 1.81 bits per heavy atom. The van der Waals surface area contributed by atoms with Gasteiger partial charge in [-0.05, 0) is 56.0 Å². The molecule has 0 bridgehead atoms. The highest BCUT2D eigenvalue weighted by atomic mass is 16.5. The number of pyridine rings is 1. The van der Waals surface area contributed by atoms with Gasteiger partial charge in [-0.1, -0.05) is 32.4 Å². The highest BCUT2D eigenvalue weighted by molar-refractivity contribution is 5.88. The lowest BCUT2D eigenvalue weighted by atomic mass is 9.97. The van der Waals surface area contributed by atoms with Crippen LogP contribution in [0.15, 0.2) is 36.5 Å². The van der Waals surface area contributed by atoms with Crippen LogP contribution in [0.5, 0.6) is 11.5 Å². The Kier molecular flexibility index (Phi) is 13.1. The van der Waals surface area contributed by atoms with Gasteiger partial charge in [-0.2, -0.15) is 5.10 Å². The molecule has 0 saturated carbocycles. The van der Waals surface area contributed by atoms with Gasteiger partial charge in [0.2, 0.25) is 17.7 Å². The largest absolute Gasteiger partial charge is 0.493 e. The number of ether oxygens (including phenoxy) is 2. The maximum absolute atomic E-state index is 13.6. The van der Waals surface area contributed by atoms with Gasteiger partial charge >= 0.3 is 0 Å². The molecule has 3 atom stereocenters. The third-order valence-corrected chi connectivity index (χ3v) is 8.58. The van der Waals surface area contributed by atoms with E-state index in [1.54, 1.807) is 27.3 Å². The molecule has 1 aliphatic heterocycles. The summed E-state index contributed by atoms with van der Waals surface area (Å²) in [4.78, 5) is 51.1. The second kappa shape index (κ2) is 17.4. The summed E-state index contributed by atoms with van der Waals surface area (Å²) in [6.45, 7) is 7.98. The zero-order chi connectivity index (χ0) is 34.6. The summed E-state index contributed by atoms with van der Waals surface area (Å²) < 4.78 is 12.3. The number of rotatable bonds is 8. The Bertz CT molecular complexity index is 1540. The first-order valence-electron chi connectivity index (χ1n) is 16.5. The van der Waals surface area contributed by atoms with Crippen molar-refractivity contribution in [3.8, 4) is 11.5 Å². The van der Waals surface area contributed by atoms with E-state index in [0.29, 0.717) is 80.8 Å². The lowest BCUT2D eigenvalue weighted by molar-refractivity contribution is -0.130. The summed E-state index contributed by atoms with van der Waals surface area (Å²) in [7, 11) is 3.15. The summed E-state index contributed by atoms with van der Waals surface area (Å²) in [5.41, 5.74) is 7.90. The Morgan fingerprint density at radius 1 is 1.04 bits per heavy atom. The van der Waals surface area contributed by atoms with Crippen molar-refractivity contribution < 1.29 is 23.9 Å². The van der Waals surface area contributed by atoms with Gasteiger partial charge in [0, 0.05) is 44.2 Å². The first kappa shape index (κ1) is 36.1. The molecule has 0 fully saturated rings. The molecular formula is C34H49N9O5. The van der Waals surface area contributed by atoms with E-state index < -0.39 is 12.1 Å². The number of aromatic nitrogens is 4. The lowest BCUT2D eigenvalue weighted by Crippen LogP contribution is -2.51. The number of nitrogens with zero attached hydrogens (tertiary/aromatic N) is 5. The maximum Gasteiger partial charge on any atom is 0.243 e. The molecule has 3 heterocycles. The second-order valence-corrected chi connectivity index (χ2v) is 12.2. The SMILES string of the molecule is CC[C@H](C)[C@@H]1NC(=O)CCCN(Cc2cccnc2N)CCCNC(=O)Cn2nc(Cc3ccc(OC)c(OC)c3)nc2[C@@H](C)NC1=O. The van der Waals surface area contributed by atoms with Gasteiger partial charge < -0.3 is 31.2 Å². The normalized spacial score (nSPS) is 19.6. The van der Waals surface area contributed by atoms with Gasteiger partial charge in [-0.25, -0.2) is 14.6 Å². The zero-order valence-corrected chi connectivity index (χ0v) is 28.6. The second-order valence-electron chi connectivity index (χ2n) is 12.2. The highest BCUT2D eigenvalue weighted by Crippen LogP contribution is 2.28. The van der Waals surface area contributed by atoms with Gasteiger partial charge in [0.1, 0.15) is 24.2 Å². The highest BCUT2D eigenvalue weighted by Gasteiger charge is 2.29. The van der Waals surface area contributed by atoms with Gasteiger partial charge in [0.15, 0.2) is 17.3 Å². The number of amides is 3. The number of fused-ring (bicyclic) bond motifs is 1. The smallest absolute Gasteiger partial charge is 0.243 e. The van der Waals surface area contributed by atoms with Crippen LogP contribution >= 0.6 is 0 Å². The monoisotopic (exact) mass is 663 g/mol. The van der Waals surface area contributed by atoms with Crippen molar-refractivity contribution in [1.82, 2.24) is 40.6 Å². The number of anilines is 1. The molecule has 0 radical (unpaired) electrons. The quantitative estimate of drug-likeness (QED) is 0.280. The van der Waals surface area contributed by atoms with E-state index in [2.05, 4.69) is 30.9 Å². The summed E-state index contributed by atoms with van der Waals surface area (Å²) in [6.07, 6.45) is 4.26. The number of methoxy groups -OCH3 is 2. The molecule has 2 aromatic heterocycles. The first-order chi connectivity index (χ1) is 23.1. The Balaban J connectivity index is 1.58. The molecule has 14 nitrogen and oxygen atoms in total. The van der Waals surface area contributed by atoms with E-state index in [0.717, 1.165) is 11.1 Å². The fourth-order valence-electron chi connectivity index (χ4n) is 5.68. The van der Waals surface area contributed by atoms with Crippen LogP contribution in [0.1, 0.15) is 75.3 Å².